The van der Waals surface area contributed by atoms with Crippen molar-refractivity contribution in [2.75, 3.05) is 10.6 Å². The first-order chi connectivity index (χ1) is 13.7. The van der Waals surface area contributed by atoms with E-state index in [4.69, 9.17) is 0 Å². The summed E-state index contributed by atoms with van der Waals surface area (Å²) in [4.78, 5) is 16.7. The molecule has 0 aliphatic carbocycles. The zero-order valence-corrected chi connectivity index (χ0v) is 15.5. The van der Waals surface area contributed by atoms with E-state index in [9.17, 15) is 9.18 Å². The third-order valence-corrected chi connectivity index (χ3v) is 4.94. The van der Waals surface area contributed by atoms with Crippen LogP contribution in [0.5, 0.6) is 0 Å². The number of thiazole rings is 1. The van der Waals surface area contributed by atoms with Crippen LogP contribution in [-0.2, 0) is 0 Å². The van der Waals surface area contributed by atoms with Crippen LogP contribution >= 0.6 is 11.3 Å². The van der Waals surface area contributed by atoms with Gasteiger partial charge in [0.2, 0.25) is 0 Å². The molecule has 0 aliphatic rings. The first-order valence-electron chi connectivity index (χ1n) is 8.62. The normalized spacial score (nSPS) is 10.5. The summed E-state index contributed by atoms with van der Waals surface area (Å²) in [7, 11) is 0. The lowest BCUT2D eigenvalue weighted by Crippen LogP contribution is -2.19. The maximum atomic E-state index is 13.2. The lowest BCUT2D eigenvalue weighted by Gasteiger charge is -2.08. The number of benzene rings is 3. The Balaban J connectivity index is 1.43. The number of carbonyl (C=O) groups excluding carboxylic acids is 1. The SMILES string of the molecule is O=C(Nc1ccc(-c2csc(-c3ccccc3)n2)cc1)Nc1cccc(F)c1. The Kier molecular flexibility index (Phi) is 5.12. The molecule has 0 saturated heterocycles. The summed E-state index contributed by atoms with van der Waals surface area (Å²) in [6, 6.07) is 22.8. The largest absolute Gasteiger partial charge is 0.323 e. The van der Waals surface area contributed by atoms with Crippen molar-refractivity contribution in [2.24, 2.45) is 0 Å². The maximum Gasteiger partial charge on any atom is 0.323 e. The molecule has 0 unspecified atom stereocenters. The number of amides is 2. The highest BCUT2D eigenvalue weighted by atomic mass is 32.1. The first kappa shape index (κ1) is 17.9. The van der Waals surface area contributed by atoms with E-state index in [1.807, 2.05) is 60.0 Å². The fourth-order valence-corrected chi connectivity index (χ4v) is 3.54. The van der Waals surface area contributed by atoms with Crippen LogP contribution in [0, 0.1) is 5.82 Å². The number of nitrogens with one attached hydrogen (secondary N) is 2. The number of aromatic nitrogens is 1. The molecule has 138 valence electrons. The van der Waals surface area contributed by atoms with Crippen LogP contribution in [-0.4, -0.2) is 11.0 Å². The third kappa shape index (κ3) is 4.24. The Hall–Kier alpha value is -3.51. The third-order valence-electron chi connectivity index (χ3n) is 4.05. The zero-order valence-electron chi connectivity index (χ0n) is 14.7. The van der Waals surface area contributed by atoms with Crippen molar-refractivity contribution >= 4 is 28.7 Å². The van der Waals surface area contributed by atoms with Gasteiger partial charge in [-0.15, -0.1) is 11.3 Å². The van der Waals surface area contributed by atoms with E-state index in [2.05, 4.69) is 15.6 Å². The van der Waals surface area contributed by atoms with Crippen molar-refractivity contribution in [3.63, 3.8) is 0 Å². The van der Waals surface area contributed by atoms with E-state index >= 15 is 0 Å². The Morgan fingerprint density at radius 3 is 2.32 bits per heavy atom. The summed E-state index contributed by atoms with van der Waals surface area (Å²) in [5.74, 6) is -0.403. The number of halogens is 1. The van der Waals surface area contributed by atoms with Gasteiger partial charge in [0.25, 0.3) is 0 Å². The van der Waals surface area contributed by atoms with E-state index in [0.29, 0.717) is 11.4 Å². The predicted molar refractivity (Wildman–Crippen MR) is 112 cm³/mol. The number of hydrogen-bond acceptors (Lipinski definition) is 3. The molecule has 0 atom stereocenters. The van der Waals surface area contributed by atoms with Crippen LogP contribution in [0.25, 0.3) is 21.8 Å². The molecule has 4 nitrogen and oxygen atoms in total. The van der Waals surface area contributed by atoms with Gasteiger partial charge in [0.05, 0.1) is 5.69 Å². The highest BCUT2D eigenvalue weighted by Gasteiger charge is 2.08. The molecule has 0 radical (unpaired) electrons. The molecular weight excluding hydrogens is 373 g/mol. The molecule has 0 spiro atoms. The highest BCUT2D eigenvalue weighted by Crippen LogP contribution is 2.29. The summed E-state index contributed by atoms with van der Waals surface area (Å²) in [5.41, 5.74) is 3.97. The minimum absolute atomic E-state index is 0.394. The molecular formula is C22H16FN3OS. The number of rotatable bonds is 4. The topological polar surface area (TPSA) is 54.0 Å². The van der Waals surface area contributed by atoms with Gasteiger partial charge >= 0.3 is 6.03 Å². The maximum absolute atomic E-state index is 13.2. The monoisotopic (exact) mass is 389 g/mol. The minimum atomic E-state index is -0.432. The average molecular weight is 389 g/mol. The van der Waals surface area contributed by atoms with Gasteiger partial charge in [-0.1, -0.05) is 48.5 Å². The molecule has 0 saturated carbocycles. The van der Waals surface area contributed by atoms with Crippen LogP contribution in [0.15, 0.2) is 84.2 Å². The summed E-state index contributed by atoms with van der Waals surface area (Å²) >= 11 is 1.59. The molecule has 4 aromatic rings. The van der Waals surface area contributed by atoms with E-state index in [1.54, 1.807) is 17.4 Å². The average Bonchev–Trinajstić information content (AvgIpc) is 3.19. The van der Waals surface area contributed by atoms with Gasteiger partial charge in [0.15, 0.2) is 0 Å². The molecule has 0 fully saturated rings. The Labute approximate surface area is 165 Å². The summed E-state index contributed by atoms with van der Waals surface area (Å²) in [5, 5.41) is 8.31. The van der Waals surface area contributed by atoms with Crippen molar-refractivity contribution < 1.29 is 9.18 Å². The molecule has 6 heteroatoms. The Morgan fingerprint density at radius 2 is 1.57 bits per heavy atom. The standard InChI is InChI=1S/C22H16FN3OS/c23-17-7-4-8-19(13-17)25-22(27)24-18-11-9-15(10-12-18)20-14-28-21(26-20)16-5-2-1-3-6-16/h1-14H,(H2,24,25,27). The predicted octanol–water partition coefficient (Wildman–Crippen LogP) is 6.26. The molecule has 28 heavy (non-hydrogen) atoms. The molecule has 3 aromatic carbocycles. The first-order valence-corrected chi connectivity index (χ1v) is 9.50. The Morgan fingerprint density at radius 1 is 0.821 bits per heavy atom. The van der Waals surface area contributed by atoms with Crippen molar-refractivity contribution in [3.05, 3.63) is 90.1 Å². The van der Waals surface area contributed by atoms with Crippen LogP contribution in [0.1, 0.15) is 0 Å². The van der Waals surface area contributed by atoms with Crippen molar-refractivity contribution in [2.45, 2.75) is 0 Å². The second-order valence-corrected chi connectivity index (χ2v) is 6.93. The van der Waals surface area contributed by atoms with Gasteiger partial charge in [0, 0.05) is 27.9 Å². The summed E-state index contributed by atoms with van der Waals surface area (Å²) in [6.07, 6.45) is 0. The number of hydrogen-bond donors (Lipinski definition) is 2. The summed E-state index contributed by atoms with van der Waals surface area (Å²) in [6.45, 7) is 0. The van der Waals surface area contributed by atoms with Gasteiger partial charge in [-0.3, -0.25) is 0 Å². The van der Waals surface area contributed by atoms with E-state index in [0.717, 1.165) is 21.8 Å². The van der Waals surface area contributed by atoms with Gasteiger partial charge in [-0.2, -0.15) is 0 Å². The van der Waals surface area contributed by atoms with Gasteiger partial charge in [0.1, 0.15) is 10.8 Å². The quantitative estimate of drug-likeness (QED) is 0.433. The van der Waals surface area contributed by atoms with Gasteiger partial charge in [-0.05, 0) is 30.3 Å². The van der Waals surface area contributed by atoms with Gasteiger partial charge < -0.3 is 10.6 Å². The fourth-order valence-electron chi connectivity index (χ4n) is 2.70. The molecule has 4 rings (SSSR count). The van der Waals surface area contributed by atoms with Crippen LogP contribution in [0.4, 0.5) is 20.6 Å². The van der Waals surface area contributed by atoms with E-state index < -0.39 is 11.8 Å². The van der Waals surface area contributed by atoms with E-state index in [1.165, 1.54) is 18.2 Å². The van der Waals surface area contributed by atoms with Crippen molar-refractivity contribution in [3.8, 4) is 21.8 Å². The molecule has 1 aromatic heterocycles. The van der Waals surface area contributed by atoms with Crippen LogP contribution in [0.3, 0.4) is 0 Å². The number of carbonyl (C=O) groups is 1. The molecule has 1 heterocycles. The van der Waals surface area contributed by atoms with Gasteiger partial charge in [-0.25, -0.2) is 14.2 Å². The smallest absolute Gasteiger partial charge is 0.308 e. The number of anilines is 2. The molecule has 2 amide bonds. The van der Waals surface area contributed by atoms with Crippen molar-refractivity contribution in [1.82, 2.24) is 4.98 Å². The second-order valence-electron chi connectivity index (χ2n) is 6.07. The van der Waals surface area contributed by atoms with Crippen molar-refractivity contribution in [1.29, 1.82) is 0 Å². The summed E-state index contributed by atoms with van der Waals surface area (Å²) < 4.78 is 13.2. The minimum Gasteiger partial charge on any atom is -0.308 e. The van der Waals surface area contributed by atoms with E-state index in [-0.39, 0.29) is 0 Å². The number of urea groups is 1. The molecule has 0 aliphatic heterocycles. The lowest BCUT2D eigenvalue weighted by molar-refractivity contribution is 0.262. The highest BCUT2D eigenvalue weighted by molar-refractivity contribution is 7.13. The lowest BCUT2D eigenvalue weighted by atomic mass is 10.1. The molecule has 2 N–H and O–H groups in total. The number of nitrogens with zero attached hydrogens (tertiary/aromatic N) is 1. The second kappa shape index (κ2) is 8.02. The fraction of sp³-hybridized carbons (Fsp3) is 0. The van der Waals surface area contributed by atoms with Crippen LogP contribution in [0.2, 0.25) is 0 Å². The molecule has 0 bridgehead atoms. The van der Waals surface area contributed by atoms with Crippen LogP contribution < -0.4 is 10.6 Å². The Bertz CT molecular complexity index is 1090. The zero-order chi connectivity index (χ0) is 19.3.